The van der Waals surface area contributed by atoms with Crippen molar-refractivity contribution >= 4 is 89.8 Å². The lowest BCUT2D eigenvalue weighted by molar-refractivity contribution is 0.0690. The number of carbonyl (C=O) groups is 4. The van der Waals surface area contributed by atoms with Crippen molar-refractivity contribution in [3.8, 4) is 23.0 Å². The average molecular weight is 1280 g/mol. The average Bonchev–Trinajstić information content (AvgIpc) is 0.692. The summed E-state index contributed by atoms with van der Waals surface area (Å²) in [4.78, 5) is 62.9. The van der Waals surface area contributed by atoms with Gasteiger partial charge in [0.25, 0.3) is 11.8 Å². The van der Waals surface area contributed by atoms with Crippen molar-refractivity contribution in [1.29, 1.82) is 0 Å². The van der Waals surface area contributed by atoms with Crippen LogP contribution in [0.5, 0.6) is 23.0 Å². The molecule has 15 rings (SSSR count). The highest BCUT2D eigenvalue weighted by Crippen LogP contribution is 2.52. The van der Waals surface area contributed by atoms with Gasteiger partial charge < -0.3 is 19.3 Å². The SMILES string of the molecule is CN(C(=O)c1ccc2c3c(Oc4ccc(C(=C(c5ccccc5)c5ccccc5)c5ccccc5)cc4)cc(C(=O)N(C)C4CCCCC4)c4c(C=O)ccc(c5c(Oc6ccc(C(=C(c7ccccc7)c7ccccc7)c7ccccc7)cc6)cc(C=O)c1c25)c43)C1CCCCC1. The quantitative estimate of drug-likeness (QED) is 0.0368. The molecule has 98 heavy (non-hydrogen) atoms. The summed E-state index contributed by atoms with van der Waals surface area (Å²) in [5.41, 5.74) is 13.8. The first kappa shape index (κ1) is 62.6. The number of ether oxygens (including phenoxy) is 2. The van der Waals surface area contributed by atoms with Crippen LogP contribution in [0.15, 0.2) is 267 Å². The maximum atomic E-state index is 15.8. The van der Waals surface area contributed by atoms with Crippen LogP contribution in [0, 0.1) is 0 Å². The van der Waals surface area contributed by atoms with E-state index in [9.17, 15) is 9.59 Å². The second kappa shape index (κ2) is 27.7. The Labute approximate surface area is 572 Å². The van der Waals surface area contributed by atoms with E-state index in [0.29, 0.717) is 82.8 Å². The summed E-state index contributed by atoms with van der Waals surface area (Å²) >= 11 is 0. The summed E-state index contributed by atoms with van der Waals surface area (Å²) < 4.78 is 14.6. The van der Waals surface area contributed by atoms with E-state index in [4.69, 9.17) is 9.47 Å². The molecule has 2 fully saturated rings. The van der Waals surface area contributed by atoms with Gasteiger partial charge in [-0.3, -0.25) is 19.2 Å². The van der Waals surface area contributed by atoms with Crippen molar-refractivity contribution in [2.24, 2.45) is 0 Å². The number of nitrogens with zero attached hydrogens (tertiary/aromatic N) is 2. The minimum atomic E-state index is -0.224. The van der Waals surface area contributed by atoms with E-state index in [1.165, 1.54) is 0 Å². The summed E-state index contributed by atoms with van der Waals surface area (Å²) in [6.07, 6.45) is 11.5. The third-order valence-electron chi connectivity index (χ3n) is 20.3. The number of benzene rings is 13. The number of amides is 2. The molecule has 0 atom stereocenters. The summed E-state index contributed by atoms with van der Waals surface area (Å²) in [6, 6.07) is 90.0. The van der Waals surface area contributed by atoms with Gasteiger partial charge in [-0.05, 0) is 146 Å². The van der Waals surface area contributed by atoms with Crippen LogP contribution in [0.3, 0.4) is 0 Å². The molecular formula is C90H74N2O6. The largest absolute Gasteiger partial charge is 0.457 e. The number of hydrogen-bond acceptors (Lipinski definition) is 6. The molecule has 2 saturated carbocycles. The van der Waals surface area contributed by atoms with E-state index in [-0.39, 0.29) is 29.5 Å². The lowest BCUT2D eigenvalue weighted by atomic mass is 9.83. The molecule has 13 aromatic carbocycles. The zero-order chi connectivity index (χ0) is 66.6. The maximum absolute atomic E-state index is 15.8. The number of carbonyl (C=O) groups excluding carboxylic acids is 4. The molecule has 2 amide bonds. The van der Waals surface area contributed by atoms with Crippen molar-refractivity contribution in [3.63, 3.8) is 0 Å². The highest BCUT2D eigenvalue weighted by Gasteiger charge is 2.33. The molecule has 0 heterocycles. The van der Waals surface area contributed by atoms with Gasteiger partial charge in [0.1, 0.15) is 23.0 Å². The number of rotatable bonds is 18. The first-order chi connectivity index (χ1) is 48.2. The second-order valence-electron chi connectivity index (χ2n) is 26.1. The van der Waals surface area contributed by atoms with E-state index in [1.807, 2.05) is 109 Å². The van der Waals surface area contributed by atoms with Crippen LogP contribution >= 0.6 is 0 Å². The monoisotopic (exact) mass is 1280 g/mol. The van der Waals surface area contributed by atoms with Gasteiger partial charge in [-0.1, -0.05) is 263 Å². The van der Waals surface area contributed by atoms with E-state index in [2.05, 4.69) is 170 Å². The Kier molecular flexibility index (Phi) is 17.7. The zero-order valence-electron chi connectivity index (χ0n) is 55.1. The van der Waals surface area contributed by atoms with Gasteiger partial charge in [-0.15, -0.1) is 0 Å². The fourth-order valence-electron chi connectivity index (χ4n) is 15.5. The van der Waals surface area contributed by atoms with Gasteiger partial charge in [-0.25, -0.2) is 0 Å². The van der Waals surface area contributed by atoms with Gasteiger partial charge in [0.15, 0.2) is 12.6 Å². The van der Waals surface area contributed by atoms with E-state index >= 15 is 9.59 Å². The predicted octanol–water partition coefficient (Wildman–Crippen LogP) is 21.8. The van der Waals surface area contributed by atoms with Crippen molar-refractivity contribution in [2.75, 3.05) is 14.1 Å². The molecule has 0 spiro atoms. The Bertz CT molecular complexity index is 5050. The summed E-state index contributed by atoms with van der Waals surface area (Å²) in [5, 5.41) is 4.73. The summed E-state index contributed by atoms with van der Waals surface area (Å²) in [5.74, 6) is 1.33. The third kappa shape index (κ3) is 11.9. The molecule has 13 aromatic rings. The first-order valence-electron chi connectivity index (χ1n) is 34.3. The number of fused-ring (bicyclic) bond motifs is 2. The smallest absolute Gasteiger partial charge is 0.254 e. The second-order valence-corrected chi connectivity index (χ2v) is 26.1. The topological polar surface area (TPSA) is 93.2 Å². The molecule has 0 radical (unpaired) electrons. The van der Waals surface area contributed by atoms with Crippen LogP contribution in [0.2, 0.25) is 0 Å². The van der Waals surface area contributed by atoms with Crippen LogP contribution in [-0.4, -0.2) is 60.4 Å². The van der Waals surface area contributed by atoms with Gasteiger partial charge in [0, 0.05) is 75.2 Å². The fraction of sp³-hybridized carbons (Fsp3) is 0.156. The molecule has 480 valence electrons. The Balaban J connectivity index is 0.962. The maximum Gasteiger partial charge on any atom is 0.254 e. The van der Waals surface area contributed by atoms with Crippen molar-refractivity contribution in [3.05, 3.63) is 334 Å². The minimum absolute atomic E-state index is 0.00459. The van der Waals surface area contributed by atoms with E-state index in [1.54, 1.807) is 12.1 Å². The molecule has 0 aliphatic heterocycles. The standard InChI is InChI=1S/C90H74N2O6/c1-91(69-39-23-9-24-40-69)89(95)75-54-53-74-86-78(98-72-50-45-66(46-51-72)82(64-37-21-8-22-38-64)80(61-31-15-5-16-32-61)62-33-17-6-18-34-62)56-76(90(96)92(2)70-41-25-10-26-42-70)83-67(57-93)47-52-73(87(83)86)85-77(55-68(58-94)84(75)88(74)85)97-71-48-43-65(44-49-71)81(63-35-19-7-20-36-63)79(59-27-11-3-12-28-59)60-29-13-4-14-30-60/h3-8,11-22,27-38,43-58,69-70H,9-10,23-26,39-42H2,1-2H3. The molecule has 0 aromatic heterocycles. The molecule has 8 nitrogen and oxygen atoms in total. The Morgan fingerprint density at radius 1 is 0.316 bits per heavy atom. The van der Waals surface area contributed by atoms with Gasteiger partial charge in [0.05, 0.1) is 5.56 Å². The van der Waals surface area contributed by atoms with Crippen LogP contribution in [0.1, 0.15) is 150 Å². The molecule has 2 aliphatic rings. The van der Waals surface area contributed by atoms with E-state index in [0.717, 1.165) is 144 Å². The van der Waals surface area contributed by atoms with E-state index < -0.39 is 0 Å². The number of aldehydes is 2. The Morgan fingerprint density at radius 3 is 0.969 bits per heavy atom. The Hall–Kier alpha value is -11.5. The van der Waals surface area contributed by atoms with Gasteiger partial charge in [-0.2, -0.15) is 0 Å². The van der Waals surface area contributed by atoms with Crippen molar-refractivity contribution in [1.82, 2.24) is 9.80 Å². The molecular weight excluding hydrogens is 1200 g/mol. The lowest BCUT2D eigenvalue weighted by Gasteiger charge is -2.32. The Morgan fingerprint density at radius 2 is 0.622 bits per heavy atom. The van der Waals surface area contributed by atoms with Crippen LogP contribution in [0.25, 0.3) is 65.4 Å². The summed E-state index contributed by atoms with van der Waals surface area (Å²) in [7, 11) is 3.76. The highest BCUT2D eigenvalue weighted by atomic mass is 16.5. The number of hydrogen-bond donors (Lipinski definition) is 0. The zero-order valence-corrected chi connectivity index (χ0v) is 55.1. The predicted molar refractivity (Wildman–Crippen MR) is 398 cm³/mol. The van der Waals surface area contributed by atoms with Gasteiger partial charge >= 0.3 is 0 Å². The molecule has 2 aliphatic carbocycles. The molecule has 0 N–H and O–H groups in total. The van der Waals surface area contributed by atoms with Gasteiger partial charge in [0.2, 0.25) is 0 Å². The minimum Gasteiger partial charge on any atom is -0.457 e. The molecule has 8 heteroatoms. The van der Waals surface area contributed by atoms with Crippen LogP contribution < -0.4 is 9.47 Å². The first-order valence-corrected chi connectivity index (χ1v) is 34.3. The molecule has 0 bridgehead atoms. The third-order valence-corrected chi connectivity index (χ3v) is 20.3. The lowest BCUT2D eigenvalue weighted by Crippen LogP contribution is -2.38. The van der Waals surface area contributed by atoms with Crippen molar-refractivity contribution < 1.29 is 28.7 Å². The normalized spacial score (nSPS) is 13.5. The van der Waals surface area contributed by atoms with Crippen LogP contribution in [-0.2, 0) is 0 Å². The molecule has 0 unspecified atom stereocenters. The highest BCUT2D eigenvalue weighted by molar-refractivity contribution is 6.40. The molecule has 0 saturated heterocycles. The van der Waals surface area contributed by atoms with Crippen molar-refractivity contribution in [2.45, 2.75) is 76.3 Å². The fourth-order valence-corrected chi connectivity index (χ4v) is 15.5. The van der Waals surface area contributed by atoms with Crippen LogP contribution in [0.4, 0.5) is 0 Å². The summed E-state index contributed by atoms with van der Waals surface area (Å²) in [6.45, 7) is 0.